The van der Waals surface area contributed by atoms with Gasteiger partial charge in [-0.3, -0.25) is 4.79 Å². The molecule has 11 aliphatic rings. The maximum absolute atomic E-state index is 13.5. The van der Waals surface area contributed by atoms with Gasteiger partial charge in [0.25, 0.3) is 0 Å². The fourth-order valence-corrected chi connectivity index (χ4v) is 23.9. The molecule has 3 heterocycles. The fraction of sp³-hybridized carbons (Fsp3) is 0.700. The van der Waals surface area contributed by atoms with Crippen molar-refractivity contribution in [1.82, 2.24) is 0 Å². The van der Waals surface area contributed by atoms with Crippen LogP contribution in [0, 0.1) is 123 Å². The highest BCUT2D eigenvalue weighted by molar-refractivity contribution is 5.94. The van der Waals surface area contributed by atoms with E-state index < -0.39 is 0 Å². The number of carbonyl (C=O) groups excluding carboxylic acids is 1. The smallest absolute Gasteiger partial charge is 0.202 e. The van der Waals surface area contributed by atoms with Gasteiger partial charge in [0.2, 0.25) is 5.75 Å². The number of methoxy groups -OCH3 is 1. The quantitative estimate of drug-likeness (QED) is 0.0500. The number of rotatable bonds is 17. The van der Waals surface area contributed by atoms with Gasteiger partial charge >= 0.3 is 0 Å². The number of phenolic OH excluding ortho intramolecular Hbond substituents is 1. The van der Waals surface area contributed by atoms with Gasteiger partial charge in [0, 0.05) is 34.4 Å². The number of benzene rings is 3. The van der Waals surface area contributed by atoms with Crippen LogP contribution in [0.1, 0.15) is 264 Å². The number of ketones is 1. The highest BCUT2D eigenvalue weighted by Crippen LogP contribution is 2.69. The van der Waals surface area contributed by atoms with Crippen LogP contribution < -0.4 is 9.47 Å². The van der Waals surface area contributed by atoms with Gasteiger partial charge in [-0.25, -0.2) is 0 Å². The van der Waals surface area contributed by atoms with Gasteiger partial charge in [-0.1, -0.05) is 151 Å². The predicted octanol–water partition coefficient (Wildman–Crippen LogP) is 20.0. The Hall–Kier alpha value is -4.95. The highest BCUT2D eigenvalue weighted by atomic mass is 16.5. The molecule has 3 aliphatic heterocycles. The molecule has 2 saturated heterocycles. The van der Waals surface area contributed by atoms with E-state index in [4.69, 9.17) is 24.1 Å². The number of hydrogen-bond acceptors (Lipinski definition) is 12. The third-order valence-electron chi connectivity index (χ3n) is 30.3. The van der Waals surface area contributed by atoms with Crippen LogP contribution in [-0.2, 0) is 27.5 Å². The lowest BCUT2D eigenvalue weighted by molar-refractivity contribution is -0.135. The number of allylic oxidation sites excluding steroid dienone is 3. The lowest BCUT2D eigenvalue weighted by Crippen LogP contribution is -2.53. The molecule has 3 aromatic rings. The summed E-state index contributed by atoms with van der Waals surface area (Å²) in [5.74, 6) is 12.5. The van der Waals surface area contributed by atoms with Gasteiger partial charge in [-0.15, -0.1) is 0 Å². The van der Waals surface area contributed by atoms with E-state index in [9.17, 15) is 35.4 Å². The topological polar surface area (TPSA) is 196 Å². The third kappa shape index (κ3) is 15.2. The van der Waals surface area contributed by atoms with Crippen molar-refractivity contribution in [1.29, 1.82) is 0 Å². The van der Waals surface area contributed by atoms with Crippen molar-refractivity contribution in [3.8, 4) is 28.7 Å². The Bertz CT molecular complexity index is 3440. The number of phenols is 3. The van der Waals surface area contributed by atoms with Crippen molar-refractivity contribution in [2.24, 2.45) is 116 Å². The van der Waals surface area contributed by atoms with Gasteiger partial charge < -0.3 is 54.7 Å². The number of carbonyl (C=O) groups is 1. The minimum absolute atomic E-state index is 0.00562. The first-order chi connectivity index (χ1) is 48.6. The fourth-order valence-electron chi connectivity index (χ4n) is 23.9. The molecule has 8 fully saturated rings. The molecule has 3 aromatic carbocycles. The Morgan fingerprint density at radius 3 is 1.71 bits per heavy atom. The molecule has 102 heavy (non-hydrogen) atoms. The summed E-state index contributed by atoms with van der Waals surface area (Å²) < 4.78 is 22.9. The molecule has 12 heteroatoms. The van der Waals surface area contributed by atoms with Gasteiger partial charge in [0.05, 0.1) is 58.0 Å². The summed E-state index contributed by atoms with van der Waals surface area (Å²) >= 11 is 0. The van der Waals surface area contributed by atoms with Crippen LogP contribution in [0.4, 0.5) is 0 Å². The molecule has 22 atom stereocenters. The summed E-state index contributed by atoms with van der Waals surface area (Å²) in [6.45, 7) is 36.0. The zero-order valence-corrected chi connectivity index (χ0v) is 65.0. The summed E-state index contributed by atoms with van der Waals surface area (Å²) in [5.41, 5.74) is 8.91. The summed E-state index contributed by atoms with van der Waals surface area (Å²) in [7, 11) is 1.68. The van der Waals surface area contributed by atoms with E-state index in [0.29, 0.717) is 64.0 Å². The van der Waals surface area contributed by atoms with Crippen LogP contribution in [0.25, 0.3) is 6.08 Å². The van der Waals surface area contributed by atoms with Crippen molar-refractivity contribution in [2.75, 3.05) is 20.3 Å². The standard InChI is InChI=1S/C29H48O2.C29H50O.C21H24O5.C11H10O4/c1-7-20(18(2)3)9-8-19(4)23-10-11-24-27-25(13-15-29(23,24)6)28(5)14-12-22(30)16-21(28)17-26(27)31;1-7-21(19(2)3)9-8-20(4)25-12-13-26-24-11-10-22-18-23(30)14-16-28(22,5)27(24)15-17-29(25,26)6;1-12-3-4-14(8-19(12)24-2)21-17-11-25-20(16(17)10-26-21)13-5-6-18(23)15(7-13)9-22;1-6-2-3-7-4-8(5-12)9(13)10(14)11(7)15-6/h17-20,22-25,27,30H,7-16H2,1-6H3;10,19-21,23-27,30H,7-9,11-18H2,1-6H3;3-8,16-17,20-23H,9-11H2,1-2H3;2-4,12-14H,1,5H2/t19-,20-,22+,23-,24+,25+,27+,28+,29-;20-,21?,23+,24+,25-,26+,27+,28+,29-;16-,17-,20+,21+;/m110./s1. The molecule has 564 valence electrons. The second-order valence-corrected chi connectivity index (χ2v) is 36.0. The van der Waals surface area contributed by atoms with Crippen LogP contribution in [0.3, 0.4) is 0 Å². The van der Waals surface area contributed by atoms with E-state index in [-0.39, 0.29) is 89.4 Å². The SMILES string of the molecule is C=C1C=Cc2cc(CO)c(O)c(O)c2O1.CCC(CC[C@@H](C)[C@H]1CC[C@H]2[C@@H]3CC=C4C[C@@H](O)CC[C@]4(C)[C@H]3CC[C@]12C)C(C)C.CC[C@H](CC[C@@H](C)[C@H]1CC[C@H]2[C@@H]3C(=O)C=C4C[C@@H](O)CC[C@]4(C)[C@H]3CC[C@]12C)C(C)C.COc1cc([C@H]2OC[C@H]3[C@@H]2CO[C@@H]3c2ccc(O)c(CO)c2)ccc1C. The van der Waals surface area contributed by atoms with Crippen LogP contribution in [-0.4, -0.2) is 74.1 Å². The minimum atomic E-state index is -0.373. The van der Waals surface area contributed by atoms with Crippen molar-refractivity contribution in [3.63, 3.8) is 0 Å². The Morgan fingerprint density at radius 1 is 0.598 bits per heavy atom. The Kier molecular flexibility index (Phi) is 24.7. The molecule has 8 aliphatic carbocycles. The summed E-state index contributed by atoms with van der Waals surface area (Å²) in [4.78, 5) is 13.5. The molecule has 1 unspecified atom stereocenters. The average molecular weight is 1410 g/mol. The van der Waals surface area contributed by atoms with Gasteiger partial charge in [0.15, 0.2) is 17.3 Å². The van der Waals surface area contributed by atoms with Crippen molar-refractivity contribution < 1.29 is 59.5 Å². The first-order valence-corrected chi connectivity index (χ1v) is 40.4. The molecule has 7 N–H and O–H groups in total. The molecular weight excluding hydrogens is 1270 g/mol. The predicted molar refractivity (Wildman–Crippen MR) is 407 cm³/mol. The van der Waals surface area contributed by atoms with Gasteiger partial charge in [-0.05, 0) is 274 Å². The Labute approximate surface area is 613 Å². The lowest BCUT2D eigenvalue weighted by Gasteiger charge is -2.58. The summed E-state index contributed by atoms with van der Waals surface area (Å²) in [6.07, 6.45) is 33.9. The van der Waals surface area contributed by atoms with Crippen LogP contribution in [0.5, 0.6) is 28.7 Å². The van der Waals surface area contributed by atoms with E-state index in [1.165, 1.54) is 108 Å². The molecule has 0 radical (unpaired) electrons. The van der Waals surface area contributed by atoms with Gasteiger partial charge in [0.1, 0.15) is 17.3 Å². The maximum atomic E-state index is 13.5. The Balaban J connectivity index is 0.000000140. The van der Waals surface area contributed by atoms with E-state index in [1.54, 1.807) is 37.0 Å². The van der Waals surface area contributed by atoms with Gasteiger partial charge in [-0.2, -0.15) is 0 Å². The van der Waals surface area contributed by atoms with Crippen molar-refractivity contribution in [3.05, 3.63) is 118 Å². The molecular formula is C90H132O12. The number of aliphatic hydroxyl groups excluding tert-OH is 4. The van der Waals surface area contributed by atoms with Crippen LogP contribution >= 0.6 is 0 Å². The number of aromatic hydroxyl groups is 3. The number of fused-ring (bicyclic) bond motifs is 12. The maximum Gasteiger partial charge on any atom is 0.202 e. The first-order valence-electron chi connectivity index (χ1n) is 40.4. The average Bonchev–Trinajstić information content (AvgIpc) is 1.35. The monoisotopic (exact) mass is 1400 g/mol. The molecule has 6 saturated carbocycles. The molecule has 14 rings (SSSR count). The highest BCUT2D eigenvalue weighted by Gasteiger charge is 2.63. The van der Waals surface area contributed by atoms with E-state index in [0.717, 1.165) is 120 Å². The molecule has 0 spiro atoms. The molecule has 0 aromatic heterocycles. The lowest BCUT2D eigenvalue weighted by atomic mass is 9.46. The number of hydrogen-bond donors (Lipinski definition) is 7. The van der Waals surface area contributed by atoms with E-state index in [1.807, 2.05) is 25.1 Å². The minimum Gasteiger partial charge on any atom is -0.508 e. The third-order valence-corrected chi connectivity index (χ3v) is 30.3. The molecule has 0 bridgehead atoms. The number of ether oxygens (including phenoxy) is 4. The molecule has 0 amide bonds. The molecule has 12 nitrogen and oxygen atoms in total. The van der Waals surface area contributed by atoms with Crippen LogP contribution in [0.15, 0.2) is 84.2 Å². The summed E-state index contributed by atoms with van der Waals surface area (Å²) in [6, 6.07) is 13.1. The zero-order valence-electron chi connectivity index (χ0n) is 65.0. The number of aryl methyl sites for hydroxylation is 1. The van der Waals surface area contributed by atoms with E-state index >= 15 is 0 Å². The normalized spacial score (nSPS) is 35.8. The zero-order chi connectivity index (χ0) is 73.5. The first kappa shape index (κ1) is 78.1. The second-order valence-electron chi connectivity index (χ2n) is 36.0. The number of aliphatic hydroxyl groups is 4. The summed E-state index contributed by atoms with van der Waals surface area (Å²) in [5, 5.41) is 67.7. The van der Waals surface area contributed by atoms with Crippen molar-refractivity contribution in [2.45, 2.75) is 262 Å². The van der Waals surface area contributed by atoms with Crippen LogP contribution in [0.2, 0.25) is 0 Å². The second kappa shape index (κ2) is 32.2. The van der Waals surface area contributed by atoms with Crippen molar-refractivity contribution >= 4 is 11.9 Å². The Morgan fingerprint density at radius 2 is 1.14 bits per heavy atom. The van der Waals surface area contributed by atoms with E-state index in [2.05, 4.69) is 114 Å². The largest absolute Gasteiger partial charge is 0.508 e.